The first-order valence-corrected chi connectivity index (χ1v) is 19.1. The molecule has 1 amide bonds. The summed E-state index contributed by atoms with van der Waals surface area (Å²) in [6.07, 6.45) is 10.1. The van der Waals surface area contributed by atoms with Crippen molar-refractivity contribution in [3.8, 4) is 5.88 Å². The van der Waals surface area contributed by atoms with Gasteiger partial charge in [0.2, 0.25) is 21.8 Å². The van der Waals surface area contributed by atoms with Crippen LogP contribution in [-0.2, 0) is 33.9 Å². The number of sulfonamides is 1. The molecule has 4 bridgehead atoms. The van der Waals surface area contributed by atoms with Gasteiger partial charge in [-0.05, 0) is 86.3 Å². The molecule has 3 aliphatic carbocycles. The Morgan fingerprint density at radius 1 is 1.16 bits per heavy atom. The molecule has 3 saturated carbocycles. The molecule has 10 nitrogen and oxygen atoms in total. The van der Waals surface area contributed by atoms with E-state index in [2.05, 4.69) is 16.3 Å². The van der Waals surface area contributed by atoms with Crippen LogP contribution in [0.2, 0.25) is 0 Å². The van der Waals surface area contributed by atoms with Crippen molar-refractivity contribution >= 4 is 50.3 Å². The Morgan fingerprint density at radius 2 is 1.96 bits per heavy atom. The lowest BCUT2D eigenvalue weighted by Crippen LogP contribution is -2.41. The van der Waals surface area contributed by atoms with Gasteiger partial charge in [0.15, 0.2) is 0 Å². The molecule has 6 rings (SSSR count). The highest BCUT2D eigenvalue weighted by molar-refractivity contribution is 7.90. The summed E-state index contributed by atoms with van der Waals surface area (Å²) in [5.74, 6) is -3.62. The van der Waals surface area contributed by atoms with Gasteiger partial charge >= 0.3 is 5.97 Å². The van der Waals surface area contributed by atoms with Gasteiger partial charge in [-0.25, -0.2) is 13.4 Å². The van der Waals surface area contributed by atoms with Crippen LogP contribution in [0.3, 0.4) is 0 Å². The first-order chi connectivity index (χ1) is 23.4. The Bertz CT molecular complexity index is 1780. The number of amides is 1. The van der Waals surface area contributed by atoms with Crippen molar-refractivity contribution in [3.63, 3.8) is 0 Å². The lowest BCUT2D eigenvalue weighted by molar-refractivity contribution is -0.148. The molecule has 0 radical (unpaired) electrons. The summed E-state index contributed by atoms with van der Waals surface area (Å²) >= 11 is 0. The highest BCUT2D eigenvalue weighted by Crippen LogP contribution is 2.57. The SMILES string of the molecule is C=C[C@@H]1C[C@]1(CC(=O)[C@@H]1C[C@@H]2CC1C(=O)[C@H](CC(C)C)CC(=O)OCCC/C=C/c1ccc3ccnc(c3c1)O2)C(=O)NS(=O)(=O)C1CC1. The molecular formula is C38H46N2O8S. The Hall–Kier alpha value is -3.86. The second-order valence-electron chi connectivity index (χ2n) is 14.7. The van der Waals surface area contributed by atoms with Crippen LogP contribution in [0.15, 0.2) is 49.2 Å². The number of hydrogen-bond acceptors (Lipinski definition) is 9. The fourth-order valence-corrected chi connectivity index (χ4v) is 9.02. The average molecular weight is 691 g/mol. The van der Waals surface area contributed by atoms with Crippen LogP contribution in [0.1, 0.15) is 83.6 Å². The maximum Gasteiger partial charge on any atom is 0.306 e. The van der Waals surface area contributed by atoms with Crippen molar-refractivity contribution in [2.75, 3.05) is 6.61 Å². The number of ketones is 2. The molecule has 4 aliphatic rings. The molecule has 2 aromatic rings. The van der Waals surface area contributed by atoms with Gasteiger partial charge in [-0.1, -0.05) is 44.2 Å². The van der Waals surface area contributed by atoms with Crippen LogP contribution in [0.5, 0.6) is 5.88 Å². The maximum atomic E-state index is 14.4. The van der Waals surface area contributed by atoms with Crippen molar-refractivity contribution in [3.05, 3.63) is 54.8 Å². The molecule has 0 spiro atoms. The number of fused-ring (bicyclic) bond motifs is 3. The van der Waals surface area contributed by atoms with Crippen LogP contribution < -0.4 is 9.46 Å². The van der Waals surface area contributed by atoms with Gasteiger partial charge < -0.3 is 9.47 Å². The minimum atomic E-state index is -3.82. The summed E-state index contributed by atoms with van der Waals surface area (Å²) in [5, 5.41) is 1.17. The Kier molecular flexibility index (Phi) is 10.1. The molecule has 262 valence electrons. The highest BCUT2D eigenvalue weighted by atomic mass is 32.2. The Morgan fingerprint density at radius 3 is 2.67 bits per heavy atom. The number of ether oxygens (including phenoxy) is 2. The third-order valence-corrected chi connectivity index (χ3v) is 12.4. The third-order valence-electron chi connectivity index (χ3n) is 10.5. The standard InChI is InChI=1S/C38H46N2O8S/c1-4-27-21-38(27,37(44)40-49(45,46)29-11-12-29)22-33(41)31-19-28-20-32(31)35(43)26(16-23(2)3)18-34(42)47-15-7-5-6-8-24-9-10-25-13-14-39-36(48-28)30(25)17-24/h4,6,8-10,13-14,17,23,26-29,31-32H,1,5,7,11-12,15-16,18-22H2,2-3H3,(H,40,44)/b8-6+/t26-,27-,28-,31-,32?,38-/m1/s1. The minimum absolute atomic E-state index is 0.0782. The molecule has 6 atom stereocenters. The van der Waals surface area contributed by atoms with Crippen LogP contribution in [0.4, 0.5) is 0 Å². The number of rotatable bonds is 9. The van der Waals surface area contributed by atoms with Gasteiger partial charge in [0.05, 0.1) is 23.7 Å². The Labute approximate surface area is 288 Å². The minimum Gasteiger partial charge on any atom is -0.474 e. The normalized spacial score (nSPS) is 29.8. The molecule has 1 N–H and O–H groups in total. The van der Waals surface area contributed by atoms with Gasteiger partial charge in [-0.2, -0.15) is 0 Å². The van der Waals surface area contributed by atoms with E-state index in [0.717, 1.165) is 16.3 Å². The van der Waals surface area contributed by atoms with Gasteiger partial charge in [0.1, 0.15) is 17.7 Å². The summed E-state index contributed by atoms with van der Waals surface area (Å²) in [6.45, 7) is 8.03. The average Bonchev–Trinajstić information content (AvgIpc) is 3.98. The zero-order valence-corrected chi connectivity index (χ0v) is 29.1. The molecule has 0 saturated heterocycles. The molecule has 2 heterocycles. The summed E-state index contributed by atoms with van der Waals surface area (Å²) in [7, 11) is -3.82. The van der Waals surface area contributed by atoms with E-state index >= 15 is 0 Å². The number of pyridine rings is 1. The first kappa shape index (κ1) is 35.0. The van der Waals surface area contributed by atoms with E-state index in [-0.39, 0.29) is 55.7 Å². The lowest BCUT2D eigenvalue weighted by Gasteiger charge is -2.25. The van der Waals surface area contributed by atoms with Crippen LogP contribution in [0, 0.1) is 35.0 Å². The first-order valence-electron chi connectivity index (χ1n) is 17.5. The number of esters is 1. The number of cyclic esters (lactones) is 1. The molecule has 1 unspecified atom stereocenters. The van der Waals surface area contributed by atoms with E-state index in [1.54, 1.807) is 12.3 Å². The van der Waals surface area contributed by atoms with Gasteiger partial charge in [0.25, 0.3) is 0 Å². The number of nitrogens with zero attached hydrogens (tertiary/aromatic N) is 1. The molecule has 1 aromatic carbocycles. The van der Waals surface area contributed by atoms with E-state index in [9.17, 15) is 27.6 Å². The molecule has 11 heteroatoms. The molecule has 49 heavy (non-hydrogen) atoms. The molecular weight excluding hydrogens is 644 g/mol. The predicted molar refractivity (Wildman–Crippen MR) is 185 cm³/mol. The van der Waals surface area contributed by atoms with Crippen molar-refractivity contribution in [2.45, 2.75) is 89.4 Å². The quantitative estimate of drug-likeness (QED) is 0.257. The number of allylic oxidation sites excluding steroid dienone is 2. The number of aromatic nitrogens is 1. The van der Waals surface area contributed by atoms with Crippen molar-refractivity contribution < 1.29 is 37.1 Å². The highest BCUT2D eigenvalue weighted by Gasteiger charge is 2.61. The maximum absolute atomic E-state index is 14.4. The molecule has 3 fully saturated rings. The molecule has 1 aromatic heterocycles. The summed E-state index contributed by atoms with van der Waals surface area (Å²) in [6, 6.07) is 7.90. The van der Waals surface area contributed by atoms with Gasteiger partial charge in [-0.15, -0.1) is 6.58 Å². The summed E-state index contributed by atoms with van der Waals surface area (Å²) < 4.78 is 39.6. The topological polar surface area (TPSA) is 146 Å². The second kappa shape index (κ2) is 14.2. The number of benzene rings is 1. The third kappa shape index (κ3) is 7.82. The van der Waals surface area contributed by atoms with E-state index in [4.69, 9.17) is 9.47 Å². The van der Waals surface area contributed by atoms with E-state index in [0.29, 0.717) is 44.4 Å². The van der Waals surface area contributed by atoms with Crippen LogP contribution >= 0.6 is 0 Å². The fourth-order valence-electron chi connectivity index (χ4n) is 7.63. The number of carbonyl (C=O) groups is 4. The van der Waals surface area contributed by atoms with Crippen LogP contribution in [-0.4, -0.2) is 54.8 Å². The van der Waals surface area contributed by atoms with Gasteiger partial charge in [-0.3, -0.25) is 23.9 Å². The number of Topliss-reactive ketones (excluding diaryl/α,β-unsaturated/α-hetero) is 2. The Balaban J connectivity index is 1.32. The summed E-state index contributed by atoms with van der Waals surface area (Å²) in [4.78, 5) is 59.7. The zero-order valence-electron chi connectivity index (χ0n) is 28.3. The zero-order chi connectivity index (χ0) is 34.9. The summed E-state index contributed by atoms with van der Waals surface area (Å²) in [5.41, 5.74) is -0.275. The second-order valence-corrected chi connectivity index (χ2v) is 16.7. The van der Waals surface area contributed by atoms with E-state index in [1.807, 2.05) is 50.3 Å². The van der Waals surface area contributed by atoms with Crippen molar-refractivity contribution in [1.29, 1.82) is 0 Å². The van der Waals surface area contributed by atoms with E-state index in [1.165, 1.54) is 0 Å². The fraction of sp³-hybridized carbons (Fsp3) is 0.553. The largest absolute Gasteiger partial charge is 0.474 e. The van der Waals surface area contributed by atoms with Crippen molar-refractivity contribution in [2.24, 2.45) is 35.0 Å². The van der Waals surface area contributed by atoms with Crippen LogP contribution in [0.25, 0.3) is 16.8 Å². The van der Waals surface area contributed by atoms with Gasteiger partial charge in [0, 0.05) is 35.8 Å². The number of hydrogen-bond donors (Lipinski definition) is 1. The smallest absolute Gasteiger partial charge is 0.306 e. The monoisotopic (exact) mass is 690 g/mol. The van der Waals surface area contributed by atoms with Crippen molar-refractivity contribution in [1.82, 2.24) is 9.71 Å². The lowest BCUT2D eigenvalue weighted by atomic mass is 9.77. The predicted octanol–water partition coefficient (Wildman–Crippen LogP) is 5.74. The number of nitrogens with one attached hydrogen (secondary N) is 1. The van der Waals surface area contributed by atoms with E-state index < -0.39 is 56.4 Å². The molecule has 1 aliphatic heterocycles. The number of carbonyl (C=O) groups excluding carboxylic acids is 4.